The Morgan fingerprint density at radius 3 is 2.50 bits per heavy atom. The van der Waals surface area contributed by atoms with E-state index >= 15 is 0 Å². The molecule has 0 unspecified atom stereocenters. The van der Waals surface area contributed by atoms with Crippen LogP contribution in [0.5, 0.6) is 0 Å². The summed E-state index contributed by atoms with van der Waals surface area (Å²) in [7, 11) is 0. The van der Waals surface area contributed by atoms with Crippen molar-refractivity contribution in [2.45, 2.75) is 44.2 Å². The van der Waals surface area contributed by atoms with Crippen molar-refractivity contribution in [3.05, 3.63) is 107 Å². The van der Waals surface area contributed by atoms with E-state index in [0.717, 1.165) is 47.7 Å². The molecule has 7 heteroatoms. The molecule has 4 nitrogen and oxygen atoms in total. The van der Waals surface area contributed by atoms with Crippen LogP contribution in [0, 0.1) is 11.6 Å². The van der Waals surface area contributed by atoms with E-state index in [2.05, 4.69) is 10.3 Å². The fourth-order valence-electron chi connectivity index (χ4n) is 5.12. The van der Waals surface area contributed by atoms with Gasteiger partial charge in [0.05, 0.1) is 11.2 Å². The van der Waals surface area contributed by atoms with Crippen molar-refractivity contribution in [3.8, 4) is 0 Å². The number of urea groups is 1. The van der Waals surface area contributed by atoms with Gasteiger partial charge in [0, 0.05) is 29.2 Å². The van der Waals surface area contributed by atoms with Crippen LogP contribution >= 0.6 is 11.6 Å². The van der Waals surface area contributed by atoms with E-state index in [4.69, 9.17) is 11.6 Å². The lowest BCUT2D eigenvalue weighted by atomic mass is 9.80. The van der Waals surface area contributed by atoms with Gasteiger partial charge in [0.15, 0.2) is 0 Å². The second-order valence-electron chi connectivity index (χ2n) is 9.23. The van der Waals surface area contributed by atoms with E-state index in [1.165, 1.54) is 18.2 Å². The number of amides is 2. The fraction of sp³-hybridized carbons (Fsp3) is 0.241. The Morgan fingerprint density at radius 2 is 1.75 bits per heavy atom. The largest absolute Gasteiger partial charge is 0.322 e. The van der Waals surface area contributed by atoms with Crippen LogP contribution < -0.4 is 5.32 Å². The molecule has 0 atom stereocenters. The summed E-state index contributed by atoms with van der Waals surface area (Å²) in [6.07, 6.45) is 5.06. The van der Waals surface area contributed by atoms with Crippen molar-refractivity contribution in [2.75, 3.05) is 5.32 Å². The van der Waals surface area contributed by atoms with Crippen LogP contribution in [0.1, 0.15) is 42.7 Å². The van der Waals surface area contributed by atoms with E-state index in [1.807, 2.05) is 36.4 Å². The summed E-state index contributed by atoms with van der Waals surface area (Å²) in [6.45, 7) is 0.417. The van der Waals surface area contributed by atoms with Gasteiger partial charge in [0.25, 0.3) is 0 Å². The molecule has 1 saturated carbocycles. The smallest absolute Gasteiger partial charge is 0.317 e. The van der Waals surface area contributed by atoms with Gasteiger partial charge in [0.2, 0.25) is 0 Å². The Bertz CT molecular complexity index is 1370. The Kier molecular flexibility index (Phi) is 7.14. The second kappa shape index (κ2) is 10.6. The number of nitrogens with zero attached hydrogens (tertiary/aromatic N) is 2. The Morgan fingerprint density at radius 1 is 0.972 bits per heavy atom. The Balaban J connectivity index is 1.35. The zero-order valence-corrected chi connectivity index (χ0v) is 20.4. The molecule has 184 valence electrons. The van der Waals surface area contributed by atoms with Crippen molar-refractivity contribution < 1.29 is 13.6 Å². The number of hydrogen-bond donors (Lipinski definition) is 1. The average Bonchev–Trinajstić information content (AvgIpc) is 2.89. The molecule has 1 aromatic heterocycles. The zero-order valence-electron chi connectivity index (χ0n) is 19.6. The lowest BCUT2D eigenvalue weighted by Gasteiger charge is -2.37. The molecule has 5 rings (SSSR count). The summed E-state index contributed by atoms with van der Waals surface area (Å²) in [5.41, 5.74) is 2.98. The third kappa shape index (κ3) is 5.34. The maximum Gasteiger partial charge on any atom is 0.322 e. The van der Waals surface area contributed by atoms with Gasteiger partial charge in [-0.3, -0.25) is 4.98 Å². The monoisotopic (exact) mass is 505 g/mol. The molecule has 0 bridgehead atoms. The highest BCUT2D eigenvalue weighted by molar-refractivity contribution is 6.30. The molecule has 4 aromatic rings. The van der Waals surface area contributed by atoms with Gasteiger partial charge in [-0.15, -0.1) is 0 Å². The second-order valence-corrected chi connectivity index (χ2v) is 9.67. The SMILES string of the molecule is O=C(Nc1ccc(Cl)cc1F)N(Cc1ccccc1)C1CCC(c2ccnc3ccc(F)cc23)CC1. The molecule has 3 aromatic carbocycles. The van der Waals surface area contributed by atoms with Gasteiger partial charge in [-0.25, -0.2) is 13.6 Å². The minimum Gasteiger partial charge on any atom is -0.317 e. The van der Waals surface area contributed by atoms with Crippen LogP contribution in [0.4, 0.5) is 19.3 Å². The van der Waals surface area contributed by atoms with Crippen LogP contribution in [-0.4, -0.2) is 22.0 Å². The van der Waals surface area contributed by atoms with Crippen molar-refractivity contribution in [1.82, 2.24) is 9.88 Å². The molecule has 0 spiro atoms. The lowest BCUT2D eigenvalue weighted by Crippen LogP contribution is -2.44. The number of aromatic nitrogens is 1. The fourth-order valence-corrected chi connectivity index (χ4v) is 5.28. The van der Waals surface area contributed by atoms with Gasteiger partial charge in [-0.05, 0) is 85.2 Å². The summed E-state index contributed by atoms with van der Waals surface area (Å²) in [4.78, 5) is 19.6. The number of anilines is 1. The molecule has 0 saturated heterocycles. The van der Waals surface area contributed by atoms with E-state index < -0.39 is 5.82 Å². The number of carbonyl (C=O) groups is 1. The van der Waals surface area contributed by atoms with Crippen molar-refractivity contribution in [1.29, 1.82) is 0 Å². The number of fused-ring (bicyclic) bond motifs is 1. The molecule has 36 heavy (non-hydrogen) atoms. The van der Waals surface area contributed by atoms with Crippen LogP contribution in [0.25, 0.3) is 10.9 Å². The standard InChI is InChI=1S/C29H26ClF2N3O/c30-21-8-12-28(26(32)16-21)34-29(36)35(18-19-4-2-1-3-5-19)23-10-6-20(7-11-23)24-14-15-33-27-13-9-22(31)17-25(24)27/h1-5,8-9,12-17,20,23H,6-7,10-11,18H2,(H,34,36). The Labute approximate surface area is 213 Å². The Hall–Kier alpha value is -3.51. The van der Waals surface area contributed by atoms with Crippen molar-refractivity contribution in [2.24, 2.45) is 0 Å². The van der Waals surface area contributed by atoms with E-state index in [-0.39, 0.29) is 34.5 Å². The number of benzene rings is 3. The number of nitrogens with one attached hydrogen (secondary N) is 1. The molecule has 0 radical (unpaired) electrons. The first-order valence-corrected chi connectivity index (χ1v) is 12.5. The molecule has 1 aliphatic rings. The van der Waals surface area contributed by atoms with Crippen LogP contribution in [0.3, 0.4) is 0 Å². The minimum atomic E-state index is -0.573. The molecule has 1 fully saturated rings. The van der Waals surface area contributed by atoms with E-state index in [1.54, 1.807) is 29.3 Å². The molecule has 1 N–H and O–H groups in total. The van der Waals surface area contributed by atoms with Crippen LogP contribution in [-0.2, 0) is 6.54 Å². The van der Waals surface area contributed by atoms with Gasteiger partial charge in [0.1, 0.15) is 11.6 Å². The summed E-state index contributed by atoms with van der Waals surface area (Å²) in [5.74, 6) is -0.592. The molecule has 1 heterocycles. The van der Waals surface area contributed by atoms with Gasteiger partial charge >= 0.3 is 6.03 Å². The topological polar surface area (TPSA) is 45.2 Å². The van der Waals surface area contributed by atoms with Gasteiger partial charge < -0.3 is 10.2 Å². The zero-order chi connectivity index (χ0) is 25.1. The molecular formula is C29H26ClF2N3O. The number of halogens is 3. The number of pyridine rings is 1. The van der Waals surface area contributed by atoms with Crippen LogP contribution in [0.15, 0.2) is 79.0 Å². The normalized spacial score (nSPS) is 17.6. The maximum absolute atomic E-state index is 14.4. The third-order valence-electron chi connectivity index (χ3n) is 6.94. The van der Waals surface area contributed by atoms with E-state index in [0.29, 0.717) is 6.54 Å². The summed E-state index contributed by atoms with van der Waals surface area (Å²) in [5, 5.41) is 3.85. The average molecular weight is 506 g/mol. The quantitative estimate of drug-likeness (QED) is 0.299. The summed E-state index contributed by atoms with van der Waals surface area (Å²) >= 11 is 5.87. The molecule has 2 amide bonds. The predicted molar refractivity (Wildman–Crippen MR) is 139 cm³/mol. The van der Waals surface area contributed by atoms with Gasteiger partial charge in [-0.2, -0.15) is 0 Å². The first kappa shape index (κ1) is 24.2. The highest BCUT2D eigenvalue weighted by Crippen LogP contribution is 2.38. The van der Waals surface area contributed by atoms with Crippen molar-refractivity contribution in [3.63, 3.8) is 0 Å². The first-order valence-electron chi connectivity index (χ1n) is 12.1. The third-order valence-corrected chi connectivity index (χ3v) is 7.18. The molecule has 1 aliphatic carbocycles. The predicted octanol–water partition coefficient (Wildman–Crippen LogP) is 7.93. The van der Waals surface area contributed by atoms with E-state index in [9.17, 15) is 13.6 Å². The van der Waals surface area contributed by atoms with Crippen LogP contribution in [0.2, 0.25) is 5.02 Å². The molecular weight excluding hydrogens is 480 g/mol. The lowest BCUT2D eigenvalue weighted by molar-refractivity contribution is 0.158. The number of rotatable bonds is 5. The summed E-state index contributed by atoms with van der Waals surface area (Å²) < 4.78 is 28.4. The first-order chi connectivity index (χ1) is 17.5. The minimum absolute atomic E-state index is 0.0124. The van der Waals surface area contributed by atoms with Gasteiger partial charge in [-0.1, -0.05) is 41.9 Å². The molecule has 0 aliphatic heterocycles. The maximum atomic E-state index is 14.4. The summed E-state index contributed by atoms with van der Waals surface area (Å²) in [6, 6.07) is 20.3. The number of hydrogen-bond acceptors (Lipinski definition) is 2. The van der Waals surface area contributed by atoms with Crippen molar-refractivity contribution >= 4 is 34.2 Å². The highest BCUT2D eigenvalue weighted by Gasteiger charge is 2.30. The highest BCUT2D eigenvalue weighted by atomic mass is 35.5. The number of carbonyl (C=O) groups excluding carboxylic acids is 1.